The maximum absolute atomic E-state index is 13.5. The maximum Gasteiger partial charge on any atom is 0.258 e. The Hall–Kier alpha value is -2.66. The molecule has 1 aromatic heterocycles. The highest BCUT2D eigenvalue weighted by Crippen LogP contribution is 2.29. The molecule has 0 spiro atoms. The summed E-state index contributed by atoms with van der Waals surface area (Å²) in [5.41, 5.74) is 1.01. The molecule has 3 aromatic rings. The fourth-order valence-corrected chi connectivity index (χ4v) is 2.47. The summed E-state index contributed by atoms with van der Waals surface area (Å²) in [6.07, 6.45) is 1.63. The minimum atomic E-state index is -0.355. The Morgan fingerprint density at radius 3 is 2.83 bits per heavy atom. The molecule has 1 amide bonds. The zero-order valence-electron chi connectivity index (χ0n) is 12.6. The Morgan fingerprint density at radius 2 is 2.00 bits per heavy atom. The summed E-state index contributed by atoms with van der Waals surface area (Å²) in [6, 6.07) is 13.3. The molecule has 0 aliphatic rings. The number of hydrogen-bond acceptors (Lipinski definition) is 3. The molecule has 1 heterocycles. The highest BCUT2D eigenvalue weighted by atomic mass is 35.5. The van der Waals surface area contributed by atoms with Crippen molar-refractivity contribution in [3.8, 4) is 5.75 Å². The Bertz CT molecular complexity index is 886. The lowest BCUT2D eigenvalue weighted by molar-refractivity contribution is -0.123. The van der Waals surface area contributed by atoms with Crippen LogP contribution in [0.5, 0.6) is 5.75 Å². The van der Waals surface area contributed by atoms with Crippen molar-refractivity contribution in [2.45, 2.75) is 6.54 Å². The second kappa shape index (κ2) is 7.27. The number of rotatable bonds is 5. The fraction of sp³-hybridized carbons (Fsp3) is 0.111. The summed E-state index contributed by atoms with van der Waals surface area (Å²) < 4.78 is 19.0. The van der Waals surface area contributed by atoms with Crippen molar-refractivity contribution in [1.82, 2.24) is 10.3 Å². The molecule has 4 nitrogen and oxygen atoms in total. The van der Waals surface area contributed by atoms with Crippen molar-refractivity contribution >= 4 is 28.4 Å². The van der Waals surface area contributed by atoms with Crippen molar-refractivity contribution in [2.24, 2.45) is 0 Å². The number of hydrogen-bond donors (Lipinski definition) is 1. The van der Waals surface area contributed by atoms with Crippen LogP contribution in [0.15, 0.2) is 54.7 Å². The highest BCUT2D eigenvalue weighted by Gasteiger charge is 2.09. The highest BCUT2D eigenvalue weighted by molar-refractivity contribution is 6.35. The Kier molecular flexibility index (Phi) is 4.91. The van der Waals surface area contributed by atoms with E-state index in [-0.39, 0.29) is 24.9 Å². The first-order valence-electron chi connectivity index (χ1n) is 7.31. The smallest absolute Gasteiger partial charge is 0.258 e. The van der Waals surface area contributed by atoms with Crippen LogP contribution >= 0.6 is 11.6 Å². The fourth-order valence-electron chi connectivity index (χ4n) is 2.26. The van der Waals surface area contributed by atoms with Crippen LogP contribution < -0.4 is 10.1 Å². The molecule has 0 atom stereocenters. The van der Waals surface area contributed by atoms with Gasteiger partial charge in [0.25, 0.3) is 5.91 Å². The van der Waals surface area contributed by atoms with Gasteiger partial charge in [0, 0.05) is 23.7 Å². The quantitative estimate of drug-likeness (QED) is 0.767. The number of carbonyl (C=O) groups is 1. The first-order chi connectivity index (χ1) is 11.6. The number of benzene rings is 2. The third-order valence-electron chi connectivity index (χ3n) is 3.47. The summed E-state index contributed by atoms with van der Waals surface area (Å²) in [5.74, 6) is -0.236. The van der Waals surface area contributed by atoms with Gasteiger partial charge in [0.2, 0.25) is 0 Å². The molecule has 0 aliphatic carbocycles. The number of aromatic nitrogens is 1. The van der Waals surface area contributed by atoms with E-state index in [1.54, 1.807) is 42.6 Å². The van der Waals surface area contributed by atoms with E-state index in [2.05, 4.69) is 10.3 Å². The van der Waals surface area contributed by atoms with E-state index in [1.165, 1.54) is 6.07 Å². The zero-order chi connectivity index (χ0) is 16.9. The van der Waals surface area contributed by atoms with Gasteiger partial charge < -0.3 is 10.1 Å². The summed E-state index contributed by atoms with van der Waals surface area (Å²) >= 11 is 6.11. The lowest BCUT2D eigenvalue weighted by Gasteiger charge is -2.10. The molecule has 3 rings (SSSR count). The Balaban J connectivity index is 1.63. The van der Waals surface area contributed by atoms with E-state index < -0.39 is 0 Å². The lowest BCUT2D eigenvalue weighted by Crippen LogP contribution is -2.28. The zero-order valence-corrected chi connectivity index (χ0v) is 13.4. The standard InChI is InChI=1S/C18H14ClFN2O2/c19-14-7-8-16(18-13(14)5-3-9-21-18)24-11-17(23)22-10-12-4-1-2-6-15(12)20/h1-9H,10-11H2,(H,22,23). The number of halogens is 2. The van der Waals surface area contributed by atoms with Crippen molar-refractivity contribution in [3.63, 3.8) is 0 Å². The average molecular weight is 345 g/mol. The summed E-state index contributed by atoms with van der Waals surface area (Å²) in [5, 5.41) is 3.94. The van der Waals surface area contributed by atoms with Crippen LogP contribution in [0.25, 0.3) is 10.9 Å². The van der Waals surface area contributed by atoms with Gasteiger partial charge in [0.15, 0.2) is 6.61 Å². The van der Waals surface area contributed by atoms with Gasteiger partial charge in [-0.25, -0.2) is 4.39 Å². The van der Waals surface area contributed by atoms with Crippen LogP contribution in [-0.2, 0) is 11.3 Å². The van der Waals surface area contributed by atoms with Gasteiger partial charge >= 0.3 is 0 Å². The predicted octanol–water partition coefficient (Wildman–Crippen LogP) is 3.72. The van der Waals surface area contributed by atoms with Crippen LogP contribution in [0.4, 0.5) is 4.39 Å². The topological polar surface area (TPSA) is 51.2 Å². The summed E-state index contributed by atoms with van der Waals surface area (Å²) in [6.45, 7) is -0.0871. The van der Waals surface area contributed by atoms with Gasteiger partial charge in [-0.05, 0) is 30.3 Å². The minimum absolute atomic E-state index is 0.106. The van der Waals surface area contributed by atoms with E-state index in [4.69, 9.17) is 16.3 Å². The number of fused-ring (bicyclic) bond motifs is 1. The van der Waals surface area contributed by atoms with Gasteiger partial charge in [-0.3, -0.25) is 9.78 Å². The molecule has 1 N–H and O–H groups in total. The number of nitrogens with one attached hydrogen (secondary N) is 1. The predicted molar refractivity (Wildman–Crippen MR) is 90.5 cm³/mol. The molecular formula is C18H14ClFN2O2. The SMILES string of the molecule is O=C(COc1ccc(Cl)c2cccnc12)NCc1ccccc1F. The number of pyridine rings is 1. The molecule has 0 saturated heterocycles. The number of amides is 1. The van der Waals surface area contributed by atoms with Gasteiger partial charge in [-0.2, -0.15) is 0 Å². The van der Waals surface area contributed by atoms with Gasteiger partial charge in [-0.1, -0.05) is 29.8 Å². The van der Waals surface area contributed by atoms with E-state index in [0.29, 0.717) is 21.9 Å². The first-order valence-corrected chi connectivity index (χ1v) is 7.69. The molecular weight excluding hydrogens is 331 g/mol. The molecule has 6 heteroatoms. The molecule has 0 fully saturated rings. The molecule has 2 aromatic carbocycles. The van der Waals surface area contributed by atoms with E-state index in [0.717, 1.165) is 5.39 Å². The van der Waals surface area contributed by atoms with Crippen molar-refractivity contribution < 1.29 is 13.9 Å². The normalized spacial score (nSPS) is 10.6. The van der Waals surface area contributed by atoms with Crippen LogP contribution in [0.2, 0.25) is 5.02 Å². The van der Waals surface area contributed by atoms with Crippen molar-refractivity contribution in [3.05, 3.63) is 71.1 Å². The van der Waals surface area contributed by atoms with Crippen LogP contribution in [-0.4, -0.2) is 17.5 Å². The molecule has 0 radical (unpaired) electrons. The second-order valence-electron chi connectivity index (χ2n) is 5.10. The Morgan fingerprint density at radius 1 is 1.17 bits per heavy atom. The van der Waals surface area contributed by atoms with Crippen molar-refractivity contribution in [1.29, 1.82) is 0 Å². The lowest BCUT2D eigenvalue weighted by atomic mass is 10.2. The van der Waals surface area contributed by atoms with Crippen LogP contribution in [0.1, 0.15) is 5.56 Å². The van der Waals surface area contributed by atoms with Gasteiger partial charge in [0.05, 0.1) is 5.02 Å². The molecule has 0 bridgehead atoms. The van der Waals surface area contributed by atoms with Gasteiger partial charge in [0.1, 0.15) is 17.1 Å². The third kappa shape index (κ3) is 3.63. The first kappa shape index (κ1) is 16.2. The minimum Gasteiger partial charge on any atom is -0.481 e. The van der Waals surface area contributed by atoms with E-state index in [9.17, 15) is 9.18 Å². The summed E-state index contributed by atoms with van der Waals surface area (Å²) in [4.78, 5) is 16.1. The monoisotopic (exact) mass is 344 g/mol. The van der Waals surface area contributed by atoms with Crippen molar-refractivity contribution in [2.75, 3.05) is 6.61 Å². The molecule has 0 unspecified atom stereocenters. The third-order valence-corrected chi connectivity index (χ3v) is 3.80. The number of carbonyl (C=O) groups excluding carboxylic acids is 1. The van der Waals surface area contributed by atoms with E-state index >= 15 is 0 Å². The number of nitrogens with zero attached hydrogens (tertiary/aromatic N) is 1. The van der Waals surface area contributed by atoms with Crippen LogP contribution in [0, 0.1) is 5.82 Å². The number of ether oxygens (including phenoxy) is 1. The molecule has 24 heavy (non-hydrogen) atoms. The maximum atomic E-state index is 13.5. The molecule has 122 valence electrons. The average Bonchev–Trinajstić information content (AvgIpc) is 2.61. The molecule has 0 aliphatic heterocycles. The Labute approximate surface area is 143 Å². The van der Waals surface area contributed by atoms with Gasteiger partial charge in [-0.15, -0.1) is 0 Å². The largest absolute Gasteiger partial charge is 0.481 e. The summed E-state index contributed by atoms with van der Waals surface area (Å²) in [7, 11) is 0. The molecule has 0 saturated carbocycles. The van der Waals surface area contributed by atoms with Crippen LogP contribution in [0.3, 0.4) is 0 Å². The van der Waals surface area contributed by atoms with E-state index in [1.807, 2.05) is 6.07 Å². The second-order valence-corrected chi connectivity index (χ2v) is 5.51.